The minimum absolute atomic E-state index is 0.0220. The predicted octanol–water partition coefficient (Wildman–Crippen LogP) is 4.45. The Labute approximate surface area is 205 Å². The molecule has 0 aliphatic heterocycles. The molecule has 0 atom stereocenters. The molecule has 0 heterocycles. The molecule has 184 valence electrons. The van der Waals surface area contributed by atoms with Crippen molar-refractivity contribution in [3.05, 3.63) is 66.2 Å². The highest BCUT2D eigenvalue weighted by Crippen LogP contribution is 2.30. The summed E-state index contributed by atoms with van der Waals surface area (Å²) in [5.74, 6) is 1.00. The summed E-state index contributed by atoms with van der Waals surface area (Å²) in [4.78, 5) is 26.4. The summed E-state index contributed by atoms with van der Waals surface area (Å²) in [7, 11) is 1.54. The molecule has 0 spiro atoms. The number of hydrogen-bond acceptors (Lipinski definition) is 5. The molecule has 2 amide bonds. The van der Waals surface area contributed by atoms with Crippen LogP contribution in [0.3, 0.4) is 0 Å². The van der Waals surface area contributed by atoms with E-state index in [-0.39, 0.29) is 25.2 Å². The summed E-state index contributed by atoms with van der Waals surface area (Å²) < 4.78 is 16.8. The number of carbonyl (C=O) groups is 2. The predicted molar refractivity (Wildman–Crippen MR) is 135 cm³/mol. The Morgan fingerprint density at radius 3 is 2.40 bits per heavy atom. The summed E-state index contributed by atoms with van der Waals surface area (Å²) in [5, 5.41) is 2.21. The smallest absolute Gasteiger partial charge is 0.261 e. The Bertz CT molecular complexity index is 1170. The van der Waals surface area contributed by atoms with Crippen LogP contribution >= 0.6 is 0 Å². The van der Waals surface area contributed by atoms with Gasteiger partial charge in [0.15, 0.2) is 24.7 Å². The van der Waals surface area contributed by atoms with E-state index in [1.54, 1.807) is 6.07 Å². The molecular formula is C28H32N2O5. The largest absolute Gasteiger partial charge is 0.493 e. The number of nitrogens with two attached hydrogens (primary N) is 1. The molecule has 1 fully saturated rings. The van der Waals surface area contributed by atoms with Gasteiger partial charge in [-0.15, -0.1) is 0 Å². The van der Waals surface area contributed by atoms with Gasteiger partial charge in [0.05, 0.1) is 7.11 Å². The first kappa shape index (κ1) is 24.4. The third-order valence-corrected chi connectivity index (χ3v) is 6.37. The quantitative estimate of drug-likeness (QED) is 0.467. The van der Waals surface area contributed by atoms with Gasteiger partial charge in [-0.05, 0) is 53.4 Å². The topological polar surface area (TPSA) is 91.1 Å². The summed E-state index contributed by atoms with van der Waals surface area (Å²) in [6, 6.07) is 19.6. The average molecular weight is 477 g/mol. The number of hydrogen-bond donors (Lipinski definition) is 1. The normalized spacial score (nSPS) is 13.9. The van der Waals surface area contributed by atoms with Gasteiger partial charge in [0.2, 0.25) is 0 Å². The molecule has 3 aromatic carbocycles. The van der Waals surface area contributed by atoms with E-state index in [9.17, 15) is 9.59 Å². The Morgan fingerprint density at radius 1 is 0.886 bits per heavy atom. The van der Waals surface area contributed by atoms with E-state index in [0.29, 0.717) is 23.8 Å². The molecule has 1 aliphatic carbocycles. The average Bonchev–Trinajstić information content (AvgIpc) is 2.89. The van der Waals surface area contributed by atoms with E-state index in [1.165, 1.54) is 13.5 Å². The summed E-state index contributed by atoms with van der Waals surface area (Å²) in [6.07, 6.45) is 5.40. The third-order valence-electron chi connectivity index (χ3n) is 6.37. The maximum atomic E-state index is 13.4. The van der Waals surface area contributed by atoms with Crippen molar-refractivity contribution >= 4 is 22.6 Å². The number of carbonyl (C=O) groups excluding carboxylic acids is 2. The van der Waals surface area contributed by atoms with Crippen LogP contribution < -0.4 is 19.9 Å². The van der Waals surface area contributed by atoms with Crippen LogP contribution in [0.15, 0.2) is 60.7 Å². The molecule has 1 saturated carbocycles. The van der Waals surface area contributed by atoms with Crippen LogP contribution in [0.1, 0.15) is 37.7 Å². The van der Waals surface area contributed by atoms with Gasteiger partial charge in [-0.1, -0.05) is 55.7 Å². The van der Waals surface area contributed by atoms with E-state index < -0.39 is 5.91 Å². The summed E-state index contributed by atoms with van der Waals surface area (Å²) in [6.45, 7) is 0.192. The van der Waals surface area contributed by atoms with E-state index in [4.69, 9.17) is 19.9 Å². The van der Waals surface area contributed by atoms with E-state index >= 15 is 0 Å². The van der Waals surface area contributed by atoms with Crippen molar-refractivity contribution in [2.75, 3.05) is 20.3 Å². The van der Waals surface area contributed by atoms with Crippen LogP contribution in [0, 0.1) is 0 Å². The van der Waals surface area contributed by atoms with Crippen molar-refractivity contribution in [3.63, 3.8) is 0 Å². The maximum absolute atomic E-state index is 13.4. The van der Waals surface area contributed by atoms with Gasteiger partial charge in [0, 0.05) is 12.6 Å². The van der Waals surface area contributed by atoms with Gasteiger partial charge < -0.3 is 24.8 Å². The minimum atomic E-state index is -0.559. The van der Waals surface area contributed by atoms with Crippen molar-refractivity contribution in [3.8, 4) is 17.2 Å². The number of methoxy groups -OCH3 is 1. The monoisotopic (exact) mass is 476 g/mol. The second-order valence-electron chi connectivity index (χ2n) is 8.85. The number of primary amides is 1. The minimum Gasteiger partial charge on any atom is -0.493 e. The number of benzene rings is 3. The van der Waals surface area contributed by atoms with Gasteiger partial charge in [-0.25, -0.2) is 0 Å². The SMILES string of the molecule is COc1cc(CN(C(=O)COc2ccc3ccccc3c2)C2CCCCC2)ccc1OCC(N)=O. The molecule has 0 radical (unpaired) electrons. The van der Waals surface area contributed by atoms with Gasteiger partial charge >= 0.3 is 0 Å². The highest BCUT2D eigenvalue weighted by molar-refractivity contribution is 5.84. The van der Waals surface area contributed by atoms with Gasteiger partial charge in [0.1, 0.15) is 5.75 Å². The number of nitrogens with zero attached hydrogens (tertiary/aromatic N) is 1. The zero-order valence-corrected chi connectivity index (χ0v) is 20.1. The summed E-state index contributed by atoms with van der Waals surface area (Å²) in [5.41, 5.74) is 6.10. The van der Waals surface area contributed by atoms with Gasteiger partial charge in [-0.3, -0.25) is 9.59 Å². The lowest BCUT2D eigenvalue weighted by Gasteiger charge is -2.34. The van der Waals surface area contributed by atoms with Crippen molar-refractivity contribution in [2.45, 2.75) is 44.7 Å². The zero-order valence-electron chi connectivity index (χ0n) is 20.1. The van der Waals surface area contributed by atoms with E-state index in [2.05, 4.69) is 0 Å². The molecule has 2 N–H and O–H groups in total. The molecule has 35 heavy (non-hydrogen) atoms. The number of ether oxygens (including phenoxy) is 3. The summed E-state index contributed by atoms with van der Waals surface area (Å²) >= 11 is 0. The van der Waals surface area contributed by atoms with Crippen LogP contribution in [0.4, 0.5) is 0 Å². The Morgan fingerprint density at radius 2 is 1.66 bits per heavy atom. The fraction of sp³-hybridized carbons (Fsp3) is 0.357. The Balaban J connectivity index is 1.48. The van der Waals surface area contributed by atoms with Crippen molar-refractivity contribution in [1.82, 2.24) is 4.90 Å². The first-order valence-electron chi connectivity index (χ1n) is 12.0. The lowest BCUT2D eigenvalue weighted by Crippen LogP contribution is -2.43. The van der Waals surface area contributed by atoms with Crippen LogP contribution in [-0.2, 0) is 16.1 Å². The van der Waals surface area contributed by atoms with Crippen molar-refractivity contribution < 1.29 is 23.8 Å². The van der Waals surface area contributed by atoms with Crippen LogP contribution in [0.2, 0.25) is 0 Å². The first-order valence-corrected chi connectivity index (χ1v) is 12.0. The van der Waals surface area contributed by atoms with Crippen LogP contribution in [-0.4, -0.2) is 43.1 Å². The Hall–Kier alpha value is -3.74. The second kappa shape index (κ2) is 11.6. The third kappa shape index (κ3) is 6.44. The lowest BCUT2D eigenvalue weighted by molar-refractivity contribution is -0.137. The molecular weight excluding hydrogens is 444 g/mol. The van der Waals surface area contributed by atoms with Gasteiger partial charge in [-0.2, -0.15) is 0 Å². The molecule has 1 aliphatic rings. The van der Waals surface area contributed by atoms with E-state index in [0.717, 1.165) is 42.0 Å². The molecule has 7 heteroatoms. The van der Waals surface area contributed by atoms with E-state index in [1.807, 2.05) is 59.5 Å². The molecule has 0 bridgehead atoms. The first-order chi connectivity index (χ1) is 17.0. The highest BCUT2D eigenvalue weighted by atomic mass is 16.5. The fourth-order valence-electron chi connectivity index (χ4n) is 4.57. The highest BCUT2D eigenvalue weighted by Gasteiger charge is 2.26. The van der Waals surface area contributed by atoms with Gasteiger partial charge in [0.25, 0.3) is 11.8 Å². The van der Waals surface area contributed by atoms with Crippen molar-refractivity contribution in [1.29, 1.82) is 0 Å². The lowest BCUT2D eigenvalue weighted by atomic mass is 9.93. The molecule has 3 aromatic rings. The van der Waals surface area contributed by atoms with Crippen molar-refractivity contribution in [2.24, 2.45) is 5.73 Å². The fourth-order valence-corrected chi connectivity index (χ4v) is 4.57. The molecule has 4 rings (SSSR count). The number of fused-ring (bicyclic) bond motifs is 1. The van der Waals surface area contributed by atoms with Crippen LogP contribution in [0.5, 0.6) is 17.2 Å². The maximum Gasteiger partial charge on any atom is 0.261 e. The number of amides is 2. The number of rotatable bonds is 10. The molecule has 0 saturated heterocycles. The molecule has 0 aromatic heterocycles. The Kier molecular flexibility index (Phi) is 8.08. The zero-order chi connectivity index (χ0) is 24.6. The molecule has 0 unspecified atom stereocenters. The standard InChI is InChI=1S/C28H32N2O5/c1-33-26-15-20(11-14-25(26)35-18-27(29)31)17-30(23-9-3-2-4-10-23)28(32)19-34-24-13-12-21-7-5-6-8-22(21)16-24/h5-8,11-16,23H,2-4,9-10,17-19H2,1H3,(H2,29,31). The second-order valence-corrected chi connectivity index (χ2v) is 8.85. The molecule has 7 nitrogen and oxygen atoms in total. The van der Waals surface area contributed by atoms with Crippen LogP contribution in [0.25, 0.3) is 10.8 Å².